The molecule has 1 saturated carbocycles. The van der Waals surface area contributed by atoms with Gasteiger partial charge in [0, 0.05) is 31.1 Å². The van der Waals surface area contributed by atoms with Gasteiger partial charge in [0.15, 0.2) is 0 Å². The molecule has 0 aromatic carbocycles. The van der Waals surface area contributed by atoms with Crippen LogP contribution in [0, 0.1) is 17.3 Å². The van der Waals surface area contributed by atoms with Gasteiger partial charge in [-0.3, -0.25) is 14.9 Å². The SMILES string of the molecule is C=C1N(OC)C(CCC)C1(COC)Cc1cc(CC2CCC(C)CC2)ccn1. The lowest BCUT2D eigenvalue weighted by Crippen LogP contribution is -2.64. The van der Waals surface area contributed by atoms with Crippen molar-refractivity contribution >= 4 is 0 Å². The summed E-state index contributed by atoms with van der Waals surface area (Å²) >= 11 is 0. The number of hydrogen-bond donors (Lipinski definition) is 0. The van der Waals surface area contributed by atoms with Crippen LogP contribution in [0.2, 0.25) is 0 Å². The molecule has 0 bridgehead atoms. The molecule has 3 rings (SSSR count). The van der Waals surface area contributed by atoms with Gasteiger partial charge in [-0.05, 0) is 55.2 Å². The number of nitrogens with zero attached hydrogens (tertiary/aromatic N) is 2. The lowest BCUT2D eigenvalue weighted by molar-refractivity contribution is -0.243. The summed E-state index contributed by atoms with van der Waals surface area (Å²) in [6.45, 7) is 9.59. The van der Waals surface area contributed by atoms with E-state index in [1.807, 2.05) is 11.3 Å². The predicted octanol–water partition coefficient (Wildman–Crippen LogP) is 5.19. The van der Waals surface area contributed by atoms with Crippen LogP contribution in [0.5, 0.6) is 0 Å². The Kier molecular flexibility index (Phi) is 7.16. The van der Waals surface area contributed by atoms with Crippen molar-refractivity contribution in [2.75, 3.05) is 20.8 Å². The van der Waals surface area contributed by atoms with Crippen LogP contribution in [0.25, 0.3) is 0 Å². The first-order valence-corrected chi connectivity index (χ1v) is 11.0. The molecule has 28 heavy (non-hydrogen) atoms. The van der Waals surface area contributed by atoms with Crippen LogP contribution in [0.15, 0.2) is 30.6 Å². The molecule has 1 aromatic rings. The minimum atomic E-state index is -0.118. The van der Waals surface area contributed by atoms with Crippen LogP contribution in [0.4, 0.5) is 0 Å². The number of ether oxygens (including phenoxy) is 1. The Morgan fingerprint density at radius 2 is 2.00 bits per heavy atom. The van der Waals surface area contributed by atoms with Crippen molar-refractivity contribution in [2.45, 2.75) is 71.3 Å². The maximum Gasteiger partial charge on any atom is 0.0699 e. The summed E-state index contributed by atoms with van der Waals surface area (Å²) in [4.78, 5) is 10.3. The third kappa shape index (κ3) is 4.28. The average Bonchev–Trinajstić information content (AvgIpc) is 2.69. The van der Waals surface area contributed by atoms with E-state index in [1.54, 1.807) is 14.2 Å². The standard InChI is InChI=1S/C24H38N2O2/c1-6-7-23-24(17-27-4,19(3)26(23)28-5)16-22-15-21(12-13-25-22)14-20-10-8-18(2)9-11-20/h12-13,15,18,20,23H,3,6-11,14,16-17H2,1-2,4-5H3. The molecule has 0 radical (unpaired) electrons. The van der Waals surface area contributed by atoms with E-state index in [9.17, 15) is 0 Å². The molecule has 1 saturated heterocycles. The van der Waals surface area contributed by atoms with Crippen molar-refractivity contribution in [3.63, 3.8) is 0 Å². The second-order valence-electron chi connectivity index (χ2n) is 9.01. The number of aromatic nitrogens is 1. The third-order valence-electron chi connectivity index (χ3n) is 6.96. The van der Waals surface area contributed by atoms with Gasteiger partial charge in [-0.15, -0.1) is 0 Å². The lowest BCUT2D eigenvalue weighted by atomic mass is 9.66. The first kappa shape index (κ1) is 21.3. The highest BCUT2D eigenvalue weighted by Gasteiger charge is 2.56. The molecule has 0 N–H and O–H groups in total. The van der Waals surface area contributed by atoms with E-state index in [4.69, 9.17) is 14.6 Å². The highest BCUT2D eigenvalue weighted by molar-refractivity contribution is 5.29. The highest BCUT2D eigenvalue weighted by atomic mass is 16.7. The van der Waals surface area contributed by atoms with Gasteiger partial charge in [0.2, 0.25) is 0 Å². The average molecular weight is 387 g/mol. The highest BCUT2D eigenvalue weighted by Crippen LogP contribution is 2.51. The molecule has 2 fully saturated rings. The van der Waals surface area contributed by atoms with Crippen molar-refractivity contribution in [1.29, 1.82) is 0 Å². The Bertz CT molecular complexity index is 654. The molecule has 156 valence electrons. The van der Waals surface area contributed by atoms with Gasteiger partial charge in [0.05, 0.1) is 25.2 Å². The minimum absolute atomic E-state index is 0.118. The fourth-order valence-electron chi connectivity index (χ4n) is 5.31. The Morgan fingerprint density at radius 1 is 1.25 bits per heavy atom. The summed E-state index contributed by atoms with van der Waals surface area (Å²) in [7, 11) is 3.51. The zero-order valence-electron chi connectivity index (χ0n) is 18.2. The van der Waals surface area contributed by atoms with Crippen molar-refractivity contribution in [1.82, 2.24) is 10.0 Å². The monoisotopic (exact) mass is 386 g/mol. The summed E-state index contributed by atoms with van der Waals surface area (Å²) in [5, 5.41) is 1.97. The summed E-state index contributed by atoms with van der Waals surface area (Å²) < 4.78 is 5.65. The molecular weight excluding hydrogens is 348 g/mol. The van der Waals surface area contributed by atoms with E-state index >= 15 is 0 Å². The van der Waals surface area contributed by atoms with E-state index in [1.165, 1.54) is 37.7 Å². The Hall–Kier alpha value is -1.39. The largest absolute Gasteiger partial charge is 0.384 e. The van der Waals surface area contributed by atoms with E-state index in [0.29, 0.717) is 12.6 Å². The van der Waals surface area contributed by atoms with Gasteiger partial charge in [-0.2, -0.15) is 0 Å². The Labute approximate surface area is 171 Å². The van der Waals surface area contributed by atoms with Gasteiger partial charge in [-0.1, -0.05) is 39.7 Å². The molecule has 1 aromatic heterocycles. The number of rotatable bonds is 9. The third-order valence-corrected chi connectivity index (χ3v) is 6.96. The normalized spacial score (nSPS) is 30.4. The number of pyridine rings is 1. The zero-order valence-corrected chi connectivity index (χ0v) is 18.2. The van der Waals surface area contributed by atoms with Gasteiger partial charge >= 0.3 is 0 Å². The van der Waals surface area contributed by atoms with Gasteiger partial charge in [0.1, 0.15) is 0 Å². The number of hydroxylamine groups is 2. The van der Waals surface area contributed by atoms with E-state index in [2.05, 4.69) is 32.6 Å². The van der Waals surface area contributed by atoms with Crippen LogP contribution in [-0.2, 0) is 22.4 Å². The topological polar surface area (TPSA) is 34.6 Å². The van der Waals surface area contributed by atoms with Crippen molar-refractivity contribution < 1.29 is 9.57 Å². The molecule has 2 heterocycles. The minimum Gasteiger partial charge on any atom is -0.384 e. The number of hydrogen-bond acceptors (Lipinski definition) is 4. The first-order chi connectivity index (χ1) is 13.5. The van der Waals surface area contributed by atoms with E-state index in [-0.39, 0.29) is 5.41 Å². The molecular formula is C24H38N2O2. The zero-order chi connectivity index (χ0) is 20.1. The van der Waals surface area contributed by atoms with E-state index in [0.717, 1.165) is 42.5 Å². The Morgan fingerprint density at radius 3 is 2.64 bits per heavy atom. The van der Waals surface area contributed by atoms with Gasteiger partial charge in [-0.25, -0.2) is 0 Å². The first-order valence-electron chi connectivity index (χ1n) is 11.0. The molecule has 0 spiro atoms. The molecule has 2 unspecified atom stereocenters. The summed E-state index contributed by atoms with van der Waals surface area (Å²) in [6, 6.07) is 4.81. The van der Waals surface area contributed by atoms with Crippen molar-refractivity contribution in [2.24, 2.45) is 17.3 Å². The van der Waals surface area contributed by atoms with Crippen LogP contribution in [0.3, 0.4) is 0 Å². The van der Waals surface area contributed by atoms with Crippen LogP contribution in [0.1, 0.15) is 63.6 Å². The van der Waals surface area contributed by atoms with Gasteiger partial charge < -0.3 is 4.74 Å². The van der Waals surface area contributed by atoms with Crippen molar-refractivity contribution in [3.8, 4) is 0 Å². The summed E-state index contributed by atoms with van der Waals surface area (Å²) in [5.41, 5.74) is 3.48. The summed E-state index contributed by atoms with van der Waals surface area (Å²) in [6.07, 6.45) is 11.7. The maximum atomic E-state index is 5.65. The molecule has 4 heteroatoms. The fraction of sp³-hybridized carbons (Fsp3) is 0.708. The molecule has 2 aliphatic rings. The molecule has 4 nitrogen and oxygen atoms in total. The Balaban J connectivity index is 1.74. The van der Waals surface area contributed by atoms with E-state index < -0.39 is 0 Å². The fourth-order valence-corrected chi connectivity index (χ4v) is 5.31. The smallest absolute Gasteiger partial charge is 0.0699 e. The molecule has 1 aliphatic carbocycles. The second kappa shape index (κ2) is 9.41. The maximum absolute atomic E-state index is 5.65. The van der Waals surface area contributed by atoms with Crippen LogP contribution in [-0.4, -0.2) is 36.9 Å². The lowest BCUT2D eigenvalue weighted by Gasteiger charge is -2.58. The second-order valence-corrected chi connectivity index (χ2v) is 9.01. The van der Waals surface area contributed by atoms with Crippen LogP contribution < -0.4 is 0 Å². The molecule has 2 atom stereocenters. The molecule has 0 amide bonds. The van der Waals surface area contributed by atoms with Gasteiger partial charge in [0.25, 0.3) is 0 Å². The quantitative estimate of drug-likeness (QED) is 0.585. The van der Waals surface area contributed by atoms with Crippen molar-refractivity contribution in [3.05, 3.63) is 41.9 Å². The summed E-state index contributed by atoms with van der Waals surface area (Å²) in [5.74, 6) is 1.73. The van der Waals surface area contributed by atoms with Crippen LogP contribution >= 0.6 is 0 Å². The predicted molar refractivity (Wildman–Crippen MR) is 114 cm³/mol. The number of methoxy groups -OCH3 is 1. The molecule has 1 aliphatic heterocycles.